The van der Waals surface area contributed by atoms with Gasteiger partial charge in [0.25, 0.3) is 0 Å². The van der Waals surface area contributed by atoms with Crippen molar-refractivity contribution in [1.82, 2.24) is 15.5 Å². The molecule has 1 amide bonds. The molecule has 2 heterocycles. The number of nitrogens with zero attached hydrogens (tertiary/aromatic N) is 3. The molecule has 150 valence electrons. The number of hydrogen-bond acceptors (Lipinski definition) is 4. The second kappa shape index (κ2) is 10.2. The first-order valence-electron chi connectivity index (χ1n) is 10.3. The highest BCUT2D eigenvalue weighted by Gasteiger charge is 2.25. The predicted molar refractivity (Wildman–Crippen MR) is 110 cm³/mol. The van der Waals surface area contributed by atoms with Gasteiger partial charge in [-0.25, -0.2) is 4.39 Å². The van der Waals surface area contributed by atoms with Crippen molar-refractivity contribution in [3.63, 3.8) is 0 Å². The third-order valence-electron chi connectivity index (χ3n) is 5.31. The summed E-state index contributed by atoms with van der Waals surface area (Å²) in [6.07, 6.45) is 6.36. The van der Waals surface area contributed by atoms with Crippen LogP contribution in [0, 0.1) is 11.7 Å². The molecule has 3 rings (SSSR count). The molecule has 0 bridgehead atoms. The number of halogens is 1. The smallest absolute Gasteiger partial charge is 0.223 e. The second-order valence-corrected chi connectivity index (χ2v) is 7.40. The molecule has 5 nitrogen and oxygen atoms in total. The van der Waals surface area contributed by atoms with Gasteiger partial charge in [-0.3, -0.25) is 4.79 Å². The molecule has 1 aromatic heterocycles. The number of aromatic nitrogens is 2. The molecule has 1 aliphatic rings. The zero-order valence-electron chi connectivity index (χ0n) is 16.5. The van der Waals surface area contributed by atoms with Crippen LogP contribution in [0.2, 0.25) is 0 Å². The van der Waals surface area contributed by atoms with E-state index >= 15 is 0 Å². The van der Waals surface area contributed by atoms with E-state index in [4.69, 9.17) is 0 Å². The van der Waals surface area contributed by atoms with E-state index in [9.17, 15) is 9.18 Å². The summed E-state index contributed by atoms with van der Waals surface area (Å²) in [5, 5.41) is 11.7. The number of carbonyl (C=O) groups is 1. The minimum absolute atomic E-state index is 0.0915. The molecule has 1 N–H and O–H groups in total. The summed E-state index contributed by atoms with van der Waals surface area (Å²) in [5.74, 6) is 0.841. The van der Waals surface area contributed by atoms with E-state index in [1.54, 1.807) is 12.1 Å². The molecular formula is C22H29FN4O. The highest BCUT2D eigenvalue weighted by atomic mass is 19.1. The van der Waals surface area contributed by atoms with E-state index in [-0.39, 0.29) is 17.6 Å². The van der Waals surface area contributed by atoms with Crippen LogP contribution >= 0.6 is 0 Å². The van der Waals surface area contributed by atoms with Crippen molar-refractivity contribution < 1.29 is 9.18 Å². The van der Waals surface area contributed by atoms with Gasteiger partial charge in [0.2, 0.25) is 5.91 Å². The molecule has 1 fully saturated rings. The number of benzene rings is 1. The molecule has 0 saturated carbocycles. The number of hydrogen-bond donors (Lipinski definition) is 1. The molecule has 0 atom stereocenters. The Morgan fingerprint density at radius 2 is 1.82 bits per heavy atom. The van der Waals surface area contributed by atoms with Crippen LogP contribution in [0.3, 0.4) is 0 Å². The van der Waals surface area contributed by atoms with Gasteiger partial charge in [-0.15, -0.1) is 10.2 Å². The molecule has 0 aliphatic carbocycles. The largest absolute Gasteiger partial charge is 0.356 e. The van der Waals surface area contributed by atoms with Crippen LogP contribution in [0.5, 0.6) is 0 Å². The van der Waals surface area contributed by atoms with Crippen LogP contribution in [-0.4, -0.2) is 35.7 Å². The Hall–Kier alpha value is -2.50. The van der Waals surface area contributed by atoms with Crippen molar-refractivity contribution in [2.75, 3.05) is 24.5 Å². The Kier molecular flexibility index (Phi) is 7.34. The molecule has 1 aliphatic heterocycles. The maximum absolute atomic E-state index is 13.0. The molecule has 6 heteroatoms. The van der Waals surface area contributed by atoms with Crippen molar-refractivity contribution in [3.05, 3.63) is 42.2 Å². The first-order valence-corrected chi connectivity index (χ1v) is 10.3. The van der Waals surface area contributed by atoms with Gasteiger partial charge in [-0.05, 0) is 55.7 Å². The lowest BCUT2D eigenvalue weighted by atomic mass is 9.96. The highest BCUT2D eigenvalue weighted by molar-refractivity contribution is 5.78. The normalized spacial score (nSPS) is 14.9. The van der Waals surface area contributed by atoms with Crippen LogP contribution in [0.1, 0.15) is 45.4 Å². The van der Waals surface area contributed by atoms with Gasteiger partial charge in [-0.2, -0.15) is 0 Å². The zero-order valence-corrected chi connectivity index (χ0v) is 16.5. The summed E-state index contributed by atoms with van der Waals surface area (Å²) in [6.45, 7) is 4.58. The third kappa shape index (κ3) is 5.50. The lowest BCUT2D eigenvalue weighted by Gasteiger charge is -2.31. The standard InChI is InChI=1S/C22H29FN4O/c1-2-3-4-5-14-24-22(28)18-12-15-27(16-13-18)21-11-10-20(25-26-21)17-6-8-19(23)9-7-17/h6-11,18H,2-5,12-16H2,1H3,(H,24,28). The lowest BCUT2D eigenvalue weighted by molar-refractivity contribution is -0.125. The van der Waals surface area contributed by atoms with E-state index < -0.39 is 0 Å². The van der Waals surface area contributed by atoms with Crippen LogP contribution in [0.15, 0.2) is 36.4 Å². The van der Waals surface area contributed by atoms with Gasteiger partial charge in [0.05, 0.1) is 5.69 Å². The Morgan fingerprint density at radius 1 is 1.07 bits per heavy atom. The topological polar surface area (TPSA) is 58.1 Å². The average Bonchev–Trinajstić information content (AvgIpc) is 2.74. The van der Waals surface area contributed by atoms with Crippen molar-refractivity contribution in [2.45, 2.75) is 45.4 Å². The molecule has 2 aromatic rings. The summed E-state index contributed by atoms with van der Waals surface area (Å²) >= 11 is 0. The third-order valence-corrected chi connectivity index (χ3v) is 5.31. The average molecular weight is 384 g/mol. The Bertz CT molecular complexity index is 740. The summed E-state index contributed by atoms with van der Waals surface area (Å²) in [4.78, 5) is 14.5. The number of piperidine rings is 1. The van der Waals surface area contributed by atoms with Gasteiger partial charge in [-0.1, -0.05) is 26.2 Å². The number of rotatable bonds is 8. The molecule has 1 aromatic carbocycles. The van der Waals surface area contributed by atoms with Gasteiger partial charge in [0.15, 0.2) is 5.82 Å². The maximum atomic E-state index is 13.0. The second-order valence-electron chi connectivity index (χ2n) is 7.40. The summed E-state index contributed by atoms with van der Waals surface area (Å²) < 4.78 is 13.0. The van der Waals surface area contributed by atoms with E-state index in [2.05, 4.69) is 27.3 Å². The van der Waals surface area contributed by atoms with Crippen LogP contribution in [-0.2, 0) is 4.79 Å². The molecular weight excluding hydrogens is 355 g/mol. The number of amides is 1. The molecule has 0 radical (unpaired) electrons. The first-order chi connectivity index (χ1) is 13.7. The van der Waals surface area contributed by atoms with E-state index in [0.717, 1.165) is 56.0 Å². The molecule has 28 heavy (non-hydrogen) atoms. The molecule has 0 spiro atoms. The fourth-order valence-corrected chi connectivity index (χ4v) is 3.55. The van der Waals surface area contributed by atoms with Crippen molar-refractivity contribution in [1.29, 1.82) is 0 Å². The van der Waals surface area contributed by atoms with Crippen LogP contribution in [0.4, 0.5) is 10.2 Å². The van der Waals surface area contributed by atoms with Crippen molar-refractivity contribution >= 4 is 11.7 Å². The lowest BCUT2D eigenvalue weighted by Crippen LogP contribution is -2.41. The van der Waals surface area contributed by atoms with Crippen molar-refractivity contribution in [3.8, 4) is 11.3 Å². The van der Waals surface area contributed by atoms with E-state index in [1.807, 2.05) is 12.1 Å². The van der Waals surface area contributed by atoms with Crippen LogP contribution in [0.25, 0.3) is 11.3 Å². The Labute approximate surface area is 166 Å². The molecule has 0 unspecified atom stereocenters. The maximum Gasteiger partial charge on any atom is 0.223 e. The highest BCUT2D eigenvalue weighted by Crippen LogP contribution is 2.23. The number of anilines is 1. The predicted octanol–water partition coefficient (Wildman–Crippen LogP) is 4.20. The zero-order chi connectivity index (χ0) is 19.8. The Balaban J connectivity index is 1.47. The monoisotopic (exact) mass is 384 g/mol. The Morgan fingerprint density at radius 3 is 2.46 bits per heavy atom. The minimum atomic E-state index is -0.263. The number of nitrogens with one attached hydrogen (secondary N) is 1. The van der Waals surface area contributed by atoms with Gasteiger partial charge in [0.1, 0.15) is 5.82 Å². The fourth-order valence-electron chi connectivity index (χ4n) is 3.55. The number of carbonyl (C=O) groups excluding carboxylic acids is 1. The van der Waals surface area contributed by atoms with Crippen LogP contribution < -0.4 is 10.2 Å². The van der Waals surface area contributed by atoms with E-state index in [0.29, 0.717) is 0 Å². The SMILES string of the molecule is CCCCCCNC(=O)C1CCN(c2ccc(-c3ccc(F)cc3)nn2)CC1. The quantitative estimate of drug-likeness (QED) is 0.693. The summed E-state index contributed by atoms with van der Waals surface area (Å²) in [5.41, 5.74) is 1.57. The summed E-state index contributed by atoms with van der Waals surface area (Å²) in [7, 11) is 0. The fraction of sp³-hybridized carbons (Fsp3) is 0.500. The van der Waals surface area contributed by atoms with Gasteiger partial charge < -0.3 is 10.2 Å². The summed E-state index contributed by atoms with van der Waals surface area (Å²) in [6, 6.07) is 10.1. The minimum Gasteiger partial charge on any atom is -0.356 e. The first kappa shape index (κ1) is 20.2. The van der Waals surface area contributed by atoms with Gasteiger partial charge in [0, 0.05) is 31.1 Å². The molecule has 1 saturated heterocycles. The number of unbranched alkanes of at least 4 members (excludes halogenated alkanes) is 3. The van der Waals surface area contributed by atoms with E-state index in [1.165, 1.54) is 31.4 Å². The van der Waals surface area contributed by atoms with Gasteiger partial charge >= 0.3 is 0 Å². The van der Waals surface area contributed by atoms with Crippen molar-refractivity contribution in [2.24, 2.45) is 5.92 Å².